The van der Waals surface area contributed by atoms with Crippen LogP contribution < -0.4 is 20.1 Å². The molecule has 1 heterocycles. The summed E-state index contributed by atoms with van der Waals surface area (Å²) in [4.78, 5) is 23.2. The Morgan fingerprint density at radius 3 is 2.63 bits per heavy atom. The van der Waals surface area contributed by atoms with Gasteiger partial charge in [-0.15, -0.1) is 0 Å². The first-order valence-electron chi connectivity index (χ1n) is 5.56. The highest BCUT2D eigenvalue weighted by atomic mass is 16.6. The molecule has 2 amide bonds. The van der Waals surface area contributed by atoms with Crippen molar-refractivity contribution in [3.8, 4) is 11.5 Å². The average molecular weight is 266 g/mol. The van der Waals surface area contributed by atoms with Gasteiger partial charge in [0.15, 0.2) is 11.5 Å². The van der Waals surface area contributed by atoms with Gasteiger partial charge in [-0.25, -0.2) is 9.59 Å². The Bertz CT molecular complexity index is 529. The van der Waals surface area contributed by atoms with Gasteiger partial charge in [0, 0.05) is 12.6 Å². The lowest BCUT2D eigenvalue weighted by Crippen LogP contribution is -2.35. The lowest BCUT2D eigenvalue weighted by molar-refractivity contribution is 0.0336. The number of methoxy groups -OCH3 is 2. The number of nitrogens with one attached hydrogen (secondary N) is 2. The van der Waals surface area contributed by atoms with Crippen LogP contribution in [0, 0.1) is 0 Å². The minimum absolute atomic E-state index is 0.267. The molecule has 2 rings (SSSR count). The van der Waals surface area contributed by atoms with Crippen molar-refractivity contribution in [1.29, 1.82) is 0 Å². The number of rotatable bonds is 3. The molecule has 0 spiro atoms. The number of urea groups is 1. The molecule has 0 aliphatic carbocycles. The maximum absolute atomic E-state index is 11.9. The number of carbonyl (C=O) groups is 2. The third-order valence-electron chi connectivity index (χ3n) is 2.78. The van der Waals surface area contributed by atoms with Gasteiger partial charge in [0.25, 0.3) is 0 Å². The van der Waals surface area contributed by atoms with E-state index in [-0.39, 0.29) is 5.56 Å². The van der Waals surface area contributed by atoms with Crippen molar-refractivity contribution in [3.63, 3.8) is 0 Å². The third kappa shape index (κ3) is 2.14. The molecule has 102 valence electrons. The molecule has 1 aromatic carbocycles. The highest BCUT2D eigenvalue weighted by Crippen LogP contribution is 2.40. The minimum atomic E-state index is -0.831. The zero-order chi connectivity index (χ0) is 14.0. The Hall–Kier alpha value is -2.44. The summed E-state index contributed by atoms with van der Waals surface area (Å²) in [6, 6.07) is 2.86. The van der Waals surface area contributed by atoms with Gasteiger partial charge in [0.2, 0.25) is 6.23 Å². The van der Waals surface area contributed by atoms with Crippen molar-refractivity contribution in [2.75, 3.05) is 21.3 Å². The first-order chi connectivity index (χ1) is 9.12. The second kappa shape index (κ2) is 5.05. The number of cyclic esters (lactones) is 1. The molecule has 0 aromatic heterocycles. The Kier molecular flexibility index (Phi) is 3.46. The number of carbonyl (C=O) groups excluding carboxylic acids is 2. The van der Waals surface area contributed by atoms with Crippen LogP contribution in [0.4, 0.5) is 4.79 Å². The topological polar surface area (TPSA) is 85.9 Å². The monoisotopic (exact) mass is 266 g/mol. The predicted octanol–water partition coefficient (Wildman–Crippen LogP) is 0.802. The van der Waals surface area contributed by atoms with Crippen molar-refractivity contribution in [2.24, 2.45) is 0 Å². The fourth-order valence-electron chi connectivity index (χ4n) is 1.90. The Morgan fingerprint density at radius 2 is 2.05 bits per heavy atom. The smallest absolute Gasteiger partial charge is 0.344 e. The quantitative estimate of drug-likeness (QED) is 0.790. The maximum atomic E-state index is 11.9. The molecule has 1 aliphatic heterocycles. The van der Waals surface area contributed by atoms with E-state index in [9.17, 15) is 9.59 Å². The van der Waals surface area contributed by atoms with E-state index >= 15 is 0 Å². The van der Waals surface area contributed by atoms with Gasteiger partial charge >= 0.3 is 12.0 Å². The van der Waals surface area contributed by atoms with Gasteiger partial charge in [-0.2, -0.15) is 0 Å². The van der Waals surface area contributed by atoms with Crippen molar-refractivity contribution in [2.45, 2.75) is 6.23 Å². The molecule has 7 heteroatoms. The normalized spacial score (nSPS) is 16.4. The summed E-state index contributed by atoms with van der Waals surface area (Å²) in [5.41, 5.74) is 0.800. The molecule has 0 bridgehead atoms. The number of amides is 2. The van der Waals surface area contributed by atoms with Crippen LogP contribution in [-0.2, 0) is 4.74 Å². The van der Waals surface area contributed by atoms with Gasteiger partial charge in [-0.05, 0) is 12.1 Å². The second-order valence-corrected chi connectivity index (χ2v) is 3.77. The molecule has 1 aromatic rings. The number of fused-ring (bicyclic) bond motifs is 1. The number of esters is 1. The number of hydrogen-bond acceptors (Lipinski definition) is 5. The zero-order valence-electron chi connectivity index (χ0n) is 10.8. The molecule has 2 N–H and O–H groups in total. The molecular weight excluding hydrogens is 252 g/mol. The van der Waals surface area contributed by atoms with Crippen LogP contribution in [0.5, 0.6) is 11.5 Å². The van der Waals surface area contributed by atoms with Gasteiger partial charge < -0.3 is 19.5 Å². The predicted molar refractivity (Wildman–Crippen MR) is 65.3 cm³/mol. The molecule has 19 heavy (non-hydrogen) atoms. The van der Waals surface area contributed by atoms with Crippen molar-refractivity contribution in [1.82, 2.24) is 10.6 Å². The van der Waals surface area contributed by atoms with Crippen molar-refractivity contribution in [3.05, 3.63) is 23.3 Å². The van der Waals surface area contributed by atoms with Crippen LogP contribution in [-0.4, -0.2) is 33.3 Å². The first kappa shape index (κ1) is 13.0. The van der Waals surface area contributed by atoms with Gasteiger partial charge in [-0.3, -0.25) is 5.32 Å². The van der Waals surface area contributed by atoms with E-state index in [1.807, 2.05) is 0 Å². The van der Waals surface area contributed by atoms with Crippen molar-refractivity contribution < 1.29 is 23.8 Å². The molecule has 0 unspecified atom stereocenters. The summed E-state index contributed by atoms with van der Waals surface area (Å²) in [6.07, 6.45) is -0.831. The summed E-state index contributed by atoms with van der Waals surface area (Å²) in [5.74, 6) is 0.164. The zero-order valence-corrected chi connectivity index (χ0v) is 10.8. The van der Waals surface area contributed by atoms with Crippen LogP contribution in [0.1, 0.15) is 22.1 Å². The molecule has 1 atom stereocenters. The van der Waals surface area contributed by atoms with Gasteiger partial charge in [-0.1, -0.05) is 0 Å². The SMILES string of the molecule is CNC(=O)N[C@H]1OC(=O)c2c1ccc(OC)c2OC. The summed E-state index contributed by atoms with van der Waals surface area (Å²) < 4.78 is 15.4. The van der Waals surface area contributed by atoms with E-state index in [0.29, 0.717) is 17.1 Å². The summed E-state index contributed by atoms with van der Waals surface area (Å²) in [5, 5.41) is 4.91. The molecule has 7 nitrogen and oxygen atoms in total. The highest BCUT2D eigenvalue weighted by molar-refractivity contribution is 5.98. The second-order valence-electron chi connectivity index (χ2n) is 3.77. The summed E-state index contributed by atoms with van der Waals surface area (Å²) in [7, 11) is 4.39. The largest absolute Gasteiger partial charge is 0.493 e. The standard InChI is InChI=1S/C12H14N2O5/c1-13-12(16)14-10-6-4-5-7(17-2)9(18-3)8(6)11(15)19-10/h4-5,10H,1-3H3,(H2,13,14,16)/t10-/m0/s1. The fourth-order valence-corrected chi connectivity index (χ4v) is 1.90. The Labute approximate surface area is 109 Å². The highest BCUT2D eigenvalue weighted by Gasteiger charge is 2.36. The summed E-state index contributed by atoms with van der Waals surface area (Å²) >= 11 is 0. The molecule has 0 fully saturated rings. The lowest BCUT2D eigenvalue weighted by atomic mass is 10.1. The van der Waals surface area contributed by atoms with E-state index in [4.69, 9.17) is 14.2 Å². The fraction of sp³-hybridized carbons (Fsp3) is 0.333. The number of hydrogen-bond donors (Lipinski definition) is 2. The average Bonchev–Trinajstić information content (AvgIpc) is 2.74. The molecule has 1 aliphatic rings. The van der Waals surface area contributed by atoms with Crippen LogP contribution in [0.15, 0.2) is 12.1 Å². The lowest BCUT2D eigenvalue weighted by Gasteiger charge is -2.13. The summed E-state index contributed by atoms with van der Waals surface area (Å²) in [6.45, 7) is 0. The van der Waals surface area contributed by atoms with E-state index in [1.165, 1.54) is 21.3 Å². The van der Waals surface area contributed by atoms with Crippen molar-refractivity contribution >= 4 is 12.0 Å². The van der Waals surface area contributed by atoms with E-state index in [1.54, 1.807) is 12.1 Å². The molecule has 0 saturated carbocycles. The molecule has 0 radical (unpaired) electrons. The molecular formula is C12H14N2O5. The van der Waals surface area contributed by atoms with Gasteiger partial charge in [0.05, 0.1) is 14.2 Å². The van der Waals surface area contributed by atoms with Crippen LogP contribution in [0.3, 0.4) is 0 Å². The number of ether oxygens (including phenoxy) is 3. The van der Waals surface area contributed by atoms with E-state index < -0.39 is 18.2 Å². The first-order valence-corrected chi connectivity index (χ1v) is 5.56. The Balaban J connectivity index is 2.43. The van der Waals surface area contributed by atoms with Crippen LogP contribution in [0.2, 0.25) is 0 Å². The van der Waals surface area contributed by atoms with Crippen LogP contribution in [0.25, 0.3) is 0 Å². The molecule has 0 saturated heterocycles. The van der Waals surface area contributed by atoms with E-state index in [0.717, 1.165) is 0 Å². The van der Waals surface area contributed by atoms with Crippen LogP contribution >= 0.6 is 0 Å². The third-order valence-corrected chi connectivity index (χ3v) is 2.78. The Morgan fingerprint density at radius 1 is 1.32 bits per heavy atom. The van der Waals surface area contributed by atoms with E-state index in [2.05, 4.69) is 10.6 Å². The number of benzene rings is 1. The minimum Gasteiger partial charge on any atom is -0.493 e. The maximum Gasteiger partial charge on any atom is 0.344 e. The van der Waals surface area contributed by atoms with Gasteiger partial charge in [0.1, 0.15) is 5.56 Å².